The van der Waals surface area contributed by atoms with Gasteiger partial charge in [-0.2, -0.15) is 14.6 Å². The zero-order valence-electron chi connectivity index (χ0n) is 11.6. The van der Waals surface area contributed by atoms with Gasteiger partial charge in [0.25, 0.3) is 0 Å². The van der Waals surface area contributed by atoms with E-state index in [0.29, 0.717) is 18.7 Å². The summed E-state index contributed by atoms with van der Waals surface area (Å²) in [6, 6.07) is 0. The maximum Gasteiger partial charge on any atom is 0.215 e. The van der Waals surface area contributed by atoms with Crippen LogP contribution in [0.5, 0.6) is 0 Å². The molecule has 0 aliphatic rings. The molecule has 0 spiro atoms. The summed E-state index contributed by atoms with van der Waals surface area (Å²) in [6.07, 6.45) is 1.83. The van der Waals surface area contributed by atoms with Gasteiger partial charge in [0.1, 0.15) is 0 Å². The molecule has 0 saturated carbocycles. The summed E-state index contributed by atoms with van der Waals surface area (Å²) in [4.78, 5) is 0. The number of nitrogens with one attached hydrogen (secondary N) is 1. The van der Waals surface area contributed by atoms with Gasteiger partial charge in [0, 0.05) is 44.0 Å². The highest BCUT2D eigenvalue weighted by Gasteiger charge is 2.12. The first kappa shape index (κ1) is 15.7. The molecule has 5 nitrogen and oxygen atoms in total. The molecule has 1 N–H and O–H groups in total. The Bertz CT molecular complexity index is 561. The molecule has 2 aromatic rings. The van der Waals surface area contributed by atoms with Gasteiger partial charge in [-0.3, -0.25) is 4.68 Å². The quantitative estimate of drug-likeness (QED) is 0.930. The van der Waals surface area contributed by atoms with Crippen LogP contribution in [0.2, 0.25) is 0 Å². The fourth-order valence-corrected chi connectivity index (χ4v) is 1.91. The molecule has 0 bridgehead atoms. The van der Waals surface area contributed by atoms with Crippen molar-refractivity contribution in [2.75, 3.05) is 0 Å². The minimum atomic E-state index is -0.275. The van der Waals surface area contributed by atoms with Gasteiger partial charge in [-0.25, -0.2) is 4.68 Å². The maximum atomic E-state index is 13.7. The monoisotopic (exact) mass is 287 g/mol. The number of hydrogen-bond donors (Lipinski definition) is 1. The van der Waals surface area contributed by atoms with Crippen molar-refractivity contribution in [1.82, 2.24) is 24.9 Å². The number of halogens is 2. The molecule has 0 amide bonds. The topological polar surface area (TPSA) is 47.7 Å². The van der Waals surface area contributed by atoms with Crippen LogP contribution in [-0.2, 0) is 27.2 Å². The second-order valence-corrected chi connectivity index (χ2v) is 4.46. The maximum absolute atomic E-state index is 13.7. The Morgan fingerprint density at radius 3 is 2.37 bits per heavy atom. The lowest BCUT2D eigenvalue weighted by Crippen LogP contribution is -2.14. The van der Waals surface area contributed by atoms with Gasteiger partial charge >= 0.3 is 0 Å². The molecule has 2 heterocycles. The van der Waals surface area contributed by atoms with Gasteiger partial charge < -0.3 is 5.32 Å². The first-order valence-electron chi connectivity index (χ1n) is 5.87. The summed E-state index contributed by atoms with van der Waals surface area (Å²) in [6.45, 7) is 4.97. The Morgan fingerprint density at radius 1 is 1.21 bits per heavy atom. The molecule has 106 valence electrons. The summed E-state index contributed by atoms with van der Waals surface area (Å²) in [5.74, 6) is -0.275. The molecule has 2 rings (SSSR count). The van der Waals surface area contributed by atoms with E-state index in [1.54, 1.807) is 7.05 Å². The van der Waals surface area contributed by atoms with Crippen LogP contribution in [0.4, 0.5) is 4.39 Å². The molecule has 0 radical (unpaired) electrons. The number of hydrogen-bond acceptors (Lipinski definition) is 3. The van der Waals surface area contributed by atoms with E-state index in [9.17, 15) is 4.39 Å². The molecule has 19 heavy (non-hydrogen) atoms. The van der Waals surface area contributed by atoms with Gasteiger partial charge in [0.2, 0.25) is 5.95 Å². The lowest BCUT2D eigenvalue weighted by Gasteiger charge is -2.04. The minimum absolute atomic E-state index is 0. The highest BCUT2D eigenvalue weighted by molar-refractivity contribution is 5.85. The molecule has 0 fully saturated rings. The van der Waals surface area contributed by atoms with E-state index in [4.69, 9.17) is 0 Å². The van der Waals surface area contributed by atoms with Crippen molar-refractivity contribution in [3.63, 3.8) is 0 Å². The van der Waals surface area contributed by atoms with Crippen LogP contribution >= 0.6 is 12.4 Å². The van der Waals surface area contributed by atoms with Crippen molar-refractivity contribution in [1.29, 1.82) is 0 Å². The molecule has 2 aromatic heterocycles. The van der Waals surface area contributed by atoms with Gasteiger partial charge in [-0.15, -0.1) is 12.4 Å². The van der Waals surface area contributed by atoms with Crippen molar-refractivity contribution in [2.24, 2.45) is 14.1 Å². The zero-order valence-corrected chi connectivity index (χ0v) is 12.4. The third-order valence-corrected chi connectivity index (χ3v) is 3.22. The van der Waals surface area contributed by atoms with Crippen molar-refractivity contribution < 1.29 is 4.39 Å². The van der Waals surface area contributed by atoms with Crippen molar-refractivity contribution in [3.05, 3.63) is 34.7 Å². The average Bonchev–Trinajstić information content (AvgIpc) is 2.76. The molecule has 0 unspecified atom stereocenters. The van der Waals surface area contributed by atoms with Gasteiger partial charge in [-0.1, -0.05) is 0 Å². The highest BCUT2D eigenvalue weighted by atomic mass is 35.5. The van der Waals surface area contributed by atoms with Crippen molar-refractivity contribution >= 4 is 12.4 Å². The number of aryl methyl sites for hydroxylation is 3. The molecular formula is C12H19ClFN5. The molecule has 0 aromatic carbocycles. The predicted octanol–water partition coefficient (Wildman–Crippen LogP) is 1.62. The molecule has 0 aliphatic carbocycles. The smallest absolute Gasteiger partial charge is 0.215 e. The van der Waals surface area contributed by atoms with Crippen molar-refractivity contribution in [3.8, 4) is 0 Å². The lowest BCUT2D eigenvalue weighted by molar-refractivity contribution is 0.489. The van der Waals surface area contributed by atoms with Crippen LogP contribution in [0, 0.1) is 19.8 Å². The molecule has 0 aliphatic heterocycles. The first-order valence-corrected chi connectivity index (χ1v) is 5.87. The van der Waals surface area contributed by atoms with E-state index in [1.807, 2.05) is 31.8 Å². The normalized spacial score (nSPS) is 10.6. The largest absolute Gasteiger partial charge is 0.308 e. The predicted molar refractivity (Wildman–Crippen MR) is 73.6 cm³/mol. The summed E-state index contributed by atoms with van der Waals surface area (Å²) < 4.78 is 16.8. The van der Waals surface area contributed by atoms with Gasteiger partial charge in [-0.05, 0) is 13.8 Å². The Hall–Kier alpha value is -1.40. The Labute approximate surface area is 118 Å². The van der Waals surface area contributed by atoms with E-state index in [2.05, 4.69) is 15.5 Å². The van der Waals surface area contributed by atoms with Crippen LogP contribution < -0.4 is 5.32 Å². The summed E-state index contributed by atoms with van der Waals surface area (Å²) in [5.41, 5.74) is 3.59. The van der Waals surface area contributed by atoms with Crippen LogP contribution in [-0.4, -0.2) is 19.6 Å². The molecule has 0 saturated heterocycles. The second-order valence-electron chi connectivity index (χ2n) is 4.46. The van der Waals surface area contributed by atoms with Gasteiger partial charge in [0.15, 0.2) is 0 Å². The Balaban J connectivity index is 0.00000180. The number of nitrogens with zero attached hydrogens (tertiary/aromatic N) is 4. The van der Waals surface area contributed by atoms with E-state index in [-0.39, 0.29) is 18.4 Å². The Kier molecular flexibility index (Phi) is 5.08. The highest BCUT2D eigenvalue weighted by Crippen LogP contribution is 2.11. The second kappa shape index (κ2) is 6.16. The SMILES string of the molecule is Cc1nn(C)c(F)c1CNCc1cnn(C)c1C.Cl. The molecule has 0 atom stereocenters. The van der Waals surface area contributed by atoms with E-state index in [1.165, 1.54) is 4.68 Å². The summed E-state index contributed by atoms with van der Waals surface area (Å²) >= 11 is 0. The lowest BCUT2D eigenvalue weighted by atomic mass is 10.2. The fourth-order valence-electron chi connectivity index (χ4n) is 1.91. The minimum Gasteiger partial charge on any atom is -0.308 e. The molecular weight excluding hydrogens is 269 g/mol. The molecule has 7 heteroatoms. The van der Waals surface area contributed by atoms with Crippen LogP contribution in [0.15, 0.2) is 6.20 Å². The van der Waals surface area contributed by atoms with Crippen LogP contribution in [0.25, 0.3) is 0 Å². The zero-order chi connectivity index (χ0) is 13.3. The standard InChI is InChI=1S/C12H18FN5.ClH/c1-8-11(12(13)18(4)16-8)7-14-5-10-6-15-17(3)9(10)2;/h6,14H,5,7H2,1-4H3;1H. The number of rotatable bonds is 4. The number of aromatic nitrogens is 4. The Morgan fingerprint density at radius 2 is 1.89 bits per heavy atom. The van der Waals surface area contributed by atoms with E-state index < -0.39 is 0 Å². The van der Waals surface area contributed by atoms with Gasteiger partial charge in [0.05, 0.1) is 11.9 Å². The van der Waals surface area contributed by atoms with E-state index >= 15 is 0 Å². The summed E-state index contributed by atoms with van der Waals surface area (Å²) in [7, 11) is 3.51. The van der Waals surface area contributed by atoms with Crippen LogP contribution in [0.1, 0.15) is 22.5 Å². The van der Waals surface area contributed by atoms with E-state index in [0.717, 1.165) is 17.0 Å². The third kappa shape index (κ3) is 3.13. The third-order valence-electron chi connectivity index (χ3n) is 3.22. The first-order chi connectivity index (χ1) is 8.50. The average molecular weight is 288 g/mol. The van der Waals surface area contributed by atoms with Crippen molar-refractivity contribution in [2.45, 2.75) is 26.9 Å². The summed E-state index contributed by atoms with van der Waals surface area (Å²) in [5, 5.41) is 11.4. The van der Waals surface area contributed by atoms with Crippen LogP contribution in [0.3, 0.4) is 0 Å². The fraction of sp³-hybridized carbons (Fsp3) is 0.500.